The van der Waals surface area contributed by atoms with E-state index >= 15 is 0 Å². The van der Waals surface area contributed by atoms with Crippen LogP contribution in [0.2, 0.25) is 0 Å². The van der Waals surface area contributed by atoms with Gasteiger partial charge in [-0.3, -0.25) is 14.8 Å². The standard InChI is InChI=1S/C22H25N7O/c30-22(14-2-1-3-14)29-20-9-15-8-18(25-10-16(15)11-26-20)19-12-24-13-21(28-19)27-17-4-6-23-7-5-17/h8-14,17,23H,1-7H2,(H,27,28)(H,26,29,30). The van der Waals surface area contributed by atoms with Gasteiger partial charge in [-0.1, -0.05) is 6.42 Å². The highest BCUT2D eigenvalue weighted by atomic mass is 16.2. The van der Waals surface area contributed by atoms with Crippen LogP contribution < -0.4 is 16.0 Å². The highest BCUT2D eigenvalue weighted by Crippen LogP contribution is 2.28. The third-order valence-electron chi connectivity index (χ3n) is 5.92. The molecule has 1 saturated carbocycles. The van der Waals surface area contributed by atoms with Gasteiger partial charge in [0.15, 0.2) is 0 Å². The molecule has 154 valence electrons. The maximum Gasteiger partial charge on any atom is 0.228 e. The normalized spacial score (nSPS) is 17.5. The fourth-order valence-corrected chi connectivity index (χ4v) is 3.88. The number of piperidine rings is 1. The Morgan fingerprint density at radius 1 is 0.900 bits per heavy atom. The molecule has 1 saturated heterocycles. The Labute approximate surface area is 174 Å². The van der Waals surface area contributed by atoms with E-state index in [0.29, 0.717) is 17.6 Å². The first kappa shape index (κ1) is 18.9. The number of hydrogen-bond acceptors (Lipinski definition) is 7. The van der Waals surface area contributed by atoms with E-state index in [1.807, 2.05) is 12.1 Å². The predicted molar refractivity (Wildman–Crippen MR) is 116 cm³/mol. The lowest BCUT2D eigenvalue weighted by Crippen LogP contribution is -2.35. The summed E-state index contributed by atoms with van der Waals surface area (Å²) in [6, 6.07) is 4.27. The zero-order chi connectivity index (χ0) is 20.3. The molecule has 1 aliphatic carbocycles. The molecule has 1 amide bonds. The summed E-state index contributed by atoms with van der Waals surface area (Å²) in [7, 11) is 0. The Kier molecular flexibility index (Phi) is 5.23. The molecule has 2 aliphatic rings. The number of aromatic nitrogens is 4. The Morgan fingerprint density at radius 3 is 2.53 bits per heavy atom. The number of anilines is 2. The van der Waals surface area contributed by atoms with E-state index in [9.17, 15) is 4.79 Å². The van der Waals surface area contributed by atoms with Crippen molar-refractivity contribution in [1.82, 2.24) is 25.3 Å². The van der Waals surface area contributed by atoms with E-state index in [4.69, 9.17) is 4.98 Å². The number of pyridine rings is 2. The summed E-state index contributed by atoms with van der Waals surface area (Å²) in [5.74, 6) is 1.53. The molecule has 1 aliphatic heterocycles. The van der Waals surface area contributed by atoms with E-state index in [1.165, 1.54) is 0 Å². The summed E-state index contributed by atoms with van der Waals surface area (Å²) in [5.41, 5.74) is 1.46. The number of rotatable bonds is 5. The molecule has 3 N–H and O–H groups in total. The fraction of sp³-hybridized carbons (Fsp3) is 0.409. The van der Waals surface area contributed by atoms with Crippen molar-refractivity contribution in [2.24, 2.45) is 5.92 Å². The number of hydrogen-bond donors (Lipinski definition) is 3. The van der Waals surface area contributed by atoms with Crippen LogP contribution in [0.4, 0.5) is 11.6 Å². The van der Waals surface area contributed by atoms with Crippen molar-refractivity contribution >= 4 is 28.3 Å². The van der Waals surface area contributed by atoms with Crippen molar-refractivity contribution in [3.05, 3.63) is 36.9 Å². The third kappa shape index (κ3) is 4.09. The molecule has 8 heteroatoms. The van der Waals surface area contributed by atoms with Crippen molar-refractivity contribution in [2.45, 2.75) is 38.1 Å². The highest BCUT2D eigenvalue weighted by Gasteiger charge is 2.25. The summed E-state index contributed by atoms with van der Waals surface area (Å²) in [4.78, 5) is 30.2. The van der Waals surface area contributed by atoms with Crippen LogP contribution >= 0.6 is 0 Å². The number of carbonyl (C=O) groups is 1. The smallest absolute Gasteiger partial charge is 0.228 e. The quantitative estimate of drug-likeness (QED) is 0.601. The minimum Gasteiger partial charge on any atom is -0.366 e. The maximum absolute atomic E-state index is 12.2. The summed E-state index contributed by atoms with van der Waals surface area (Å²) in [6.45, 7) is 2.04. The number of carbonyl (C=O) groups excluding carboxylic acids is 1. The molecule has 3 aromatic rings. The predicted octanol–water partition coefficient (Wildman–Crippen LogP) is 2.99. The minimum absolute atomic E-state index is 0.0601. The molecular weight excluding hydrogens is 378 g/mol. The van der Waals surface area contributed by atoms with Gasteiger partial charge in [0, 0.05) is 29.7 Å². The van der Waals surface area contributed by atoms with Crippen LogP contribution in [0.5, 0.6) is 0 Å². The molecule has 0 aromatic carbocycles. The van der Waals surface area contributed by atoms with Gasteiger partial charge in [0.05, 0.1) is 18.1 Å². The van der Waals surface area contributed by atoms with Crippen LogP contribution in [-0.4, -0.2) is 45.0 Å². The Bertz CT molecular complexity index is 1060. The Balaban J connectivity index is 1.37. The number of amides is 1. The molecule has 8 nitrogen and oxygen atoms in total. The average Bonchev–Trinajstić information content (AvgIpc) is 2.73. The first-order chi connectivity index (χ1) is 14.7. The molecule has 0 spiro atoms. The van der Waals surface area contributed by atoms with Crippen molar-refractivity contribution in [3.63, 3.8) is 0 Å². The van der Waals surface area contributed by atoms with Gasteiger partial charge >= 0.3 is 0 Å². The van der Waals surface area contributed by atoms with Crippen molar-refractivity contribution in [3.8, 4) is 11.4 Å². The van der Waals surface area contributed by atoms with Crippen LogP contribution in [0, 0.1) is 5.92 Å². The molecule has 30 heavy (non-hydrogen) atoms. The summed E-state index contributed by atoms with van der Waals surface area (Å²) in [5, 5.41) is 11.7. The molecule has 0 bridgehead atoms. The second-order valence-electron chi connectivity index (χ2n) is 8.06. The number of nitrogens with one attached hydrogen (secondary N) is 3. The molecule has 4 heterocycles. The molecule has 3 aromatic heterocycles. The van der Waals surface area contributed by atoms with Crippen molar-refractivity contribution in [2.75, 3.05) is 23.7 Å². The van der Waals surface area contributed by atoms with Gasteiger partial charge in [-0.25, -0.2) is 9.97 Å². The van der Waals surface area contributed by atoms with Gasteiger partial charge in [0.25, 0.3) is 0 Å². The van der Waals surface area contributed by atoms with E-state index in [0.717, 1.165) is 67.5 Å². The van der Waals surface area contributed by atoms with E-state index < -0.39 is 0 Å². The third-order valence-corrected chi connectivity index (χ3v) is 5.92. The fourth-order valence-electron chi connectivity index (χ4n) is 3.88. The van der Waals surface area contributed by atoms with E-state index in [-0.39, 0.29) is 11.8 Å². The summed E-state index contributed by atoms with van der Waals surface area (Å²) >= 11 is 0. The highest BCUT2D eigenvalue weighted by molar-refractivity contribution is 5.94. The van der Waals surface area contributed by atoms with Crippen LogP contribution in [-0.2, 0) is 4.79 Å². The molecule has 0 atom stereocenters. The lowest BCUT2D eigenvalue weighted by Gasteiger charge is -2.24. The SMILES string of the molecule is O=C(Nc1cc2cc(-c3cncc(NC4CCNCC4)n3)ncc2cn1)C1CCC1. The van der Waals surface area contributed by atoms with Gasteiger partial charge in [0.1, 0.15) is 17.3 Å². The Morgan fingerprint density at radius 2 is 1.73 bits per heavy atom. The largest absolute Gasteiger partial charge is 0.366 e. The first-order valence-corrected chi connectivity index (χ1v) is 10.6. The van der Waals surface area contributed by atoms with Crippen LogP contribution in [0.1, 0.15) is 32.1 Å². The lowest BCUT2D eigenvalue weighted by atomic mass is 9.85. The number of nitrogens with zero attached hydrogens (tertiary/aromatic N) is 4. The van der Waals surface area contributed by atoms with Gasteiger partial charge in [-0.05, 0) is 56.3 Å². The minimum atomic E-state index is 0.0601. The van der Waals surface area contributed by atoms with Crippen molar-refractivity contribution < 1.29 is 4.79 Å². The van der Waals surface area contributed by atoms with E-state index in [1.54, 1.807) is 24.8 Å². The monoisotopic (exact) mass is 403 g/mol. The lowest BCUT2D eigenvalue weighted by molar-refractivity contribution is -0.122. The van der Waals surface area contributed by atoms with Crippen LogP contribution in [0.25, 0.3) is 22.2 Å². The number of fused-ring (bicyclic) bond motifs is 1. The van der Waals surface area contributed by atoms with Gasteiger partial charge in [-0.15, -0.1) is 0 Å². The Hall–Kier alpha value is -3.13. The first-order valence-electron chi connectivity index (χ1n) is 10.6. The second-order valence-corrected chi connectivity index (χ2v) is 8.06. The maximum atomic E-state index is 12.2. The van der Waals surface area contributed by atoms with Crippen LogP contribution in [0.3, 0.4) is 0 Å². The summed E-state index contributed by atoms with van der Waals surface area (Å²) < 4.78 is 0. The van der Waals surface area contributed by atoms with Gasteiger partial charge in [-0.2, -0.15) is 0 Å². The van der Waals surface area contributed by atoms with Gasteiger partial charge in [0.2, 0.25) is 5.91 Å². The molecule has 2 fully saturated rings. The van der Waals surface area contributed by atoms with E-state index in [2.05, 4.69) is 30.9 Å². The average molecular weight is 403 g/mol. The van der Waals surface area contributed by atoms with Crippen LogP contribution in [0.15, 0.2) is 36.9 Å². The summed E-state index contributed by atoms with van der Waals surface area (Å²) in [6.07, 6.45) is 12.2. The van der Waals surface area contributed by atoms with Crippen molar-refractivity contribution in [1.29, 1.82) is 0 Å². The second kappa shape index (κ2) is 8.31. The zero-order valence-electron chi connectivity index (χ0n) is 16.8. The zero-order valence-corrected chi connectivity index (χ0v) is 16.8. The topological polar surface area (TPSA) is 105 Å². The molecule has 5 rings (SSSR count). The molecule has 0 unspecified atom stereocenters. The molecule has 0 radical (unpaired) electrons. The van der Waals surface area contributed by atoms with Gasteiger partial charge < -0.3 is 16.0 Å². The molecular formula is C22H25N7O.